The maximum absolute atomic E-state index is 12.6. The van der Waals surface area contributed by atoms with E-state index in [0.717, 1.165) is 22.1 Å². The van der Waals surface area contributed by atoms with Gasteiger partial charge < -0.3 is 20.1 Å². The maximum atomic E-state index is 12.6. The largest absolute Gasteiger partial charge is 0.454 e. The Hall–Kier alpha value is -3.19. The summed E-state index contributed by atoms with van der Waals surface area (Å²) in [4.78, 5) is 17.3. The molecule has 1 amide bonds. The van der Waals surface area contributed by atoms with Gasteiger partial charge >= 0.3 is 0 Å². The van der Waals surface area contributed by atoms with Crippen molar-refractivity contribution < 1.29 is 14.3 Å². The van der Waals surface area contributed by atoms with Gasteiger partial charge in [0.05, 0.1) is 16.6 Å². The predicted octanol–water partition coefficient (Wildman–Crippen LogP) is 4.74. The molecule has 0 bridgehead atoms. The number of amidine groups is 1. The number of amides is 1. The van der Waals surface area contributed by atoms with Gasteiger partial charge in [0.2, 0.25) is 12.7 Å². The molecule has 0 fully saturated rings. The Labute approximate surface area is 165 Å². The third-order valence-electron chi connectivity index (χ3n) is 4.64. The van der Waals surface area contributed by atoms with Crippen LogP contribution < -0.4 is 20.1 Å². The Morgan fingerprint density at radius 3 is 2.86 bits per heavy atom. The molecule has 28 heavy (non-hydrogen) atoms. The van der Waals surface area contributed by atoms with Gasteiger partial charge in [-0.3, -0.25) is 4.79 Å². The molecule has 3 aromatic carbocycles. The Kier molecular flexibility index (Phi) is 4.09. The lowest BCUT2D eigenvalue weighted by molar-refractivity contribution is -0.115. The lowest BCUT2D eigenvalue weighted by Crippen LogP contribution is -2.25. The number of carbonyl (C=O) groups excluding carboxylic acids is 1. The predicted molar refractivity (Wildman–Crippen MR) is 113 cm³/mol. The smallest absolute Gasteiger partial charge is 0.237 e. The first kappa shape index (κ1) is 16.9. The molecule has 0 aromatic heterocycles. The average Bonchev–Trinajstić information content (AvgIpc) is 3.16. The van der Waals surface area contributed by atoms with Crippen molar-refractivity contribution in [3.63, 3.8) is 0 Å². The minimum absolute atomic E-state index is 0.106. The Morgan fingerprint density at radius 1 is 1.14 bits per heavy atom. The number of carbonyl (C=O) groups is 1. The SMILES string of the molecule is C[C@@H](SC1=Nc2cccc3cccc(c23)N1)C(=O)Nc1ccc2c(c1)OCO2. The molecule has 0 unspecified atom stereocenters. The van der Waals surface area contributed by atoms with Gasteiger partial charge in [-0.1, -0.05) is 36.0 Å². The normalized spacial score (nSPS) is 15.0. The van der Waals surface area contributed by atoms with E-state index in [1.165, 1.54) is 11.8 Å². The van der Waals surface area contributed by atoms with Gasteiger partial charge in [-0.05, 0) is 36.6 Å². The minimum Gasteiger partial charge on any atom is -0.454 e. The second-order valence-electron chi connectivity index (χ2n) is 6.54. The molecule has 0 aliphatic carbocycles. The molecule has 5 rings (SSSR count). The van der Waals surface area contributed by atoms with Crippen LogP contribution in [-0.4, -0.2) is 23.1 Å². The van der Waals surface area contributed by atoms with Gasteiger partial charge in [-0.25, -0.2) is 4.99 Å². The molecule has 0 saturated carbocycles. The highest BCUT2D eigenvalue weighted by molar-refractivity contribution is 8.15. The van der Waals surface area contributed by atoms with Gasteiger partial charge in [0.25, 0.3) is 0 Å². The number of anilines is 2. The van der Waals surface area contributed by atoms with Crippen LogP contribution in [0.3, 0.4) is 0 Å². The summed E-state index contributed by atoms with van der Waals surface area (Å²) in [6.07, 6.45) is 0. The van der Waals surface area contributed by atoms with Crippen molar-refractivity contribution in [1.29, 1.82) is 0 Å². The van der Waals surface area contributed by atoms with Crippen LogP contribution in [0.25, 0.3) is 10.8 Å². The van der Waals surface area contributed by atoms with Crippen molar-refractivity contribution in [2.45, 2.75) is 12.2 Å². The fraction of sp³-hybridized carbons (Fsp3) is 0.143. The zero-order valence-corrected chi connectivity index (χ0v) is 15.9. The summed E-state index contributed by atoms with van der Waals surface area (Å²) in [5, 5.41) is 8.88. The van der Waals surface area contributed by atoms with Gasteiger partial charge in [0, 0.05) is 17.1 Å². The number of fused-ring (bicyclic) bond motifs is 1. The van der Waals surface area contributed by atoms with Crippen molar-refractivity contribution in [1.82, 2.24) is 0 Å². The topological polar surface area (TPSA) is 72.0 Å². The molecule has 7 heteroatoms. The van der Waals surface area contributed by atoms with E-state index in [0.29, 0.717) is 22.4 Å². The lowest BCUT2D eigenvalue weighted by atomic mass is 10.1. The first-order chi connectivity index (χ1) is 13.7. The third kappa shape index (κ3) is 3.03. The van der Waals surface area contributed by atoms with Gasteiger partial charge in [-0.15, -0.1) is 0 Å². The molecule has 6 nitrogen and oxygen atoms in total. The van der Waals surface area contributed by atoms with Crippen molar-refractivity contribution in [3.8, 4) is 11.5 Å². The summed E-state index contributed by atoms with van der Waals surface area (Å²) in [6.45, 7) is 2.07. The molecule has 2 aliphatic rings. The maximum Gasteiger partial charge on any atom is 0.237 e. The average molecular weight is 391 g/mol. The number of benzene rings is 3. The van der Waals surface area contributed by atoms with Gasteiger partial charge in [0.15, 0.2) is 16.7 Å². The Morgan fingerprint density at radius 2 is 1.96 bits per heavy atom. The first-order valence-corrected chi connectivity index (χ1v) is 9.80. The standard InChI is InChI=1S/C21H17N3O3S/c1-12(20(25)22-14-8-9-17-18(10-14)27-11-26-17)28-21-23-15-6-2-4-13-5-3-7-16(24-21)19(13)15/h2-10,12H,11H2,1H3,(H,22,25)(H,23,24)/t12-/m1/s1. The highest BCUT2D eigenvalue weighted by atomic mass is 32.2. The number of thioether (sulfide) groups is 1. The van der Waals surface area contributed by atoms with E-state index >= 15 is 0 Å². The van der Waals surface area contributed by atoms with Crippen LogP contribution in [0.1, 0.15) is 6.92 Å². The summed E-state index contributed by atoms with van der Waals surface area (Å²) in [5.74, 6) is 1.22. The molecule has 2 heterocycles. The van der Waals surface area contributed by atoms with E-state index in [2.05, 4.69) is 22.8 Å². The van der Waals surface area contributed by atoms with Crippen LogP contribution in [0, 0.1) is 0 Å². The zero-order chi connectivity index (χ0) is 19.1. The molecule has 2 N–H and O–H groups in total. The monoisotopic (exact) mass is 391 g/mol. The van der Waals surface area contributed by atoms with E-state index in [1.54, 1.807) is 18.2 Å². The minimum atomic E-state index is -0.332. The number of hydrogen-bond acceptors (Lipinski definition) is 6. The van der Waals surface area contributed by atoms with E-state index in [9.17, 15) is 4.79 Å². The summed E-state index contributed by atoms with van der Waals surface area (Å²) in [5.41, 5.74) is 2.60. The molecular formula is C21H17N3O3S. The molecule has 0 spiro atoms. The fourth-order valence-electron chi connectivity index (χ4n) is 3.27. The van der Waals surface area contributed by atoms with Crippen LogP contribution in [-0.2, 0) is 4.79 Å². The highest BCUT2D eigenvalue weighted by Gasteiger charge is 2.21. The first-order valence-electron chi connectivity index (χ1n) is 8.92. The fourth-order valence-corrected chi connectivity index (χ4v) is 4.09. The number of nitrogens with one attached hydrogen (secondary N) is 2. The van der Waals surface area contributed by atoms with E-state index in [-0.39, 0.29) is 18.0 Å². The second kappa shape index (κ2) is 6.76. The van der Waals surface area contributed by atoms with Crippen LogP contribution in [0.4, 0.5) is 17.1 Å². The molecule has 2 aliphatic heterocycles. The van der Waals surface area contributed by atoms with E-state index < -0.39 is 0 Å². The summed E-state index contributed by atoms with van der Waals surface area (Å²) in [6, 6.07) is 17.5. The molecule has 3 aromatic rings. The number of nitrogens with zero attached hydrogens (tertiary/aromatic N) is 1. The molecule has 140 valence electrons. The summed E-state index contributed by atoms with van der Waals surface area (Å²) < 4.78 is 10.7. The highest BCUT2D eigenvalue weighted by Crippen LogP contribution is 2.38. The van der Waals surface area contributed by atoms with Crippen molar-refractivity contribution in [2.75, 3.05) is 17.4 Å². The molecule has 0 saturated heterocycles. The number of aliphatic imine (C=N–C) groups is 1. The van der Waals surface area contributed by atoms with Crippen LogP contribution in [0.5, 0.6) is 11.5 Å². The lowest BCUT2D eigenvalue weighted by Gasteiger charge is -2.20. The number of ether oxygens (including phenoxy) is 2. The quantitative estimate of drug-likeness (QED) is 0.675. The molecular weight excluding hydrogens is 374 g/mol. The number of rotatable bonds is 3. The Bertz CT molecular complexity index is 1120. The van der Waals surface area contributed by atoms with E-state index in [4.69, 9.17) is 14.5 Å². The van der Waals surface area contributed by atoms with Crippen LogP contribution in [0.15, 0.2) is 59.6 Å². The molecule has 0 radical (unpaired) electrons. The zero-order valence-electron chi connectivity index (χ0n) is 15.1. The van der Waals surface area contributed by atoms with Crippen molar-refractivity contribution in [3.05, 3.63) is 54.6 Å². The Balaban J connectivity index is 1.31. The van der Waals surface area contributed by atoms with E-state index in [1.807, 2.05) is 31.2 Å². The summed E-state index contributed by atoms with van der Waals surface area (Å²) >= 11 is 1.39. The van der Waals surface area contributed by atoms with Crippen LogP contribution >= 0.6 is 11.8 Å². The second-order valence-corrected chi connectivity index (χ2v) is 7.87. The van der Waals surface area contributed by atoms with Gasteiger partial charge in [0.1, 0.15) is 0 Å². The number of hydrogen-bond donors (Lipinski definition) is 2. The third-order valence-corrected chi connectivity index (χ3v) is 5.63. The van der Waals surface area contributed by atoms with Gasteiger partial charge in [-0.2, -0.15) is 0 Å². The van der Waals surface area contributed by atoms with Crippen LogP contribution in [0.2, 0.25) is 0 Å². The van der Waals surface area contributed by atoms with Crippen molar-refractivity contribution in [2.24, 2.45) is 4.99 Å². The molecule has 1 atom stereocenters. The summed E-state index contributed by atoms with van der Waals surface area (Å²) in [7, 11) is 0. The van der Waals surface area contributed by atoms with Crippen molar-refractivity contribution >= 4 is 50.7 Å².